The highest BCUT2D eigenvalue weighted by Gasteiger charge is 2.17. The van der Waals surface area contributed by atoms with Gasteiger partial charge in [0, 0.05) is 12.8 Å². The zero-order valence-electron chi connectivity index (χ0n) is 29.9. The van der Waals surface area contributed by atoms with Crippen molar-refractivity contribution in [3.05, 3.63) is 72.9 Å². The molecular weight excluding hydrogens is 588 g/mol. The monoisotopic (exact) mass is 657 g/mol. The molecule has 0 radical (unpaired) electrons. The SMILES string of the molecule is CC/C=C\C/C=C\C/C=C\C/C=C\C/C=C\C=C/C(O)CCC(=O)O[C@@H](CO)COC(=O)CCCCCCCCCCCCCCC. The van der Waals surface area contributed by atoms with Crippen molar-refractivity contribution in [3.8, 4) is 0 Å². The number of hydrogen-bond acceptors (Lipinski definition) is 6. The quantitative estimate of drug-likeness (QED) is 0.0324. The predicted molar refractivity (Wildman–Crippen MR) is 197 cm³/mol. The molecule has 0 aliphatic rings. The van der Waals surface area contributed by atoms with Gasteiger partial charge in [0.15, 0.2) is 6.10 Å². The first-order valence-electron chi connectivity index (χ1n) is 18.6. The fourth-order valence-corrected chi connectivity index (χ4v) is 4.78. The fraction of sp³-hybridized carbons (Fsp3) is 0.659. The third-order valence-corrected chi connectivity index (χ3v) is 7.63. The number of allylic oxidation sites excluding steroid dienone is 11. The molecule has 0 aromatic heterocycles. The number of aliphatic hydroxyl groups is 2. The lowest BCUT2D eigenvalue weighted by molar-refractivity contribution is -0.161. The summed E-state index contributed by atoms with van der Waals surface area (Å²) in [5, 5.41) is 19.6. The first-order chi connectivity index (χ1) is 23.0. The van der Waals surface area contributed by atoms with Crippen molar-refractivity contribution in [2.45, 2.75) is 161 Å². The number of hydrogen-bond donors (Lipinski definition) is 2. The van der Waals surface area contributed by atoms with Crippen LogP contribution in [0.15, 0.2) is 72.9 Å². The van der Waals surface area contributed by atoms with Crippen LogP contribution in [-0.4, -0.2) is 47.6 Å². The van der Waals surface area contributed by atoms with E-state index in [-0.39, 0.29) is 25.4 Å². The van der Waals surface area contributed by atoms with Crippen LogP contribution in [0.3, 0.4) is 0 Å². The Morgan fingerprint density at radius 1 is 0.596 bits per heavy atom. The predicted octanol–water partition coefficient (Wildman–Crippen LogP) is 10.4. The molecular formula is C41H68O6. The van der Waals surface area contributed by atoms with Gasteiger partial charge in [0.05, 0.1) is 12.7 Å². The Morgan fingerprint density at radius 3 is 1.60 bits per heavy atom. The van der Waals surface area contributed by atoms with Crippen LogP contribution in [-0.2, 0) is 19.1 Å². The molecule has 47 heavy (non-hydrogen) atoms. The van der Waals surface area contributed by atoms with Gasteiger partial charge in [0.2, 0.25) is 0 Å². The summed E-state index contributed by atoms with van der Waals surface area (Å²) in [5.41, 5.74) is 0. The molecule has 0 aliphatic heterocycles. The molecule has 0 spiro atoms. The molecule has 2 atom stereocenters. The normalized spacial score (nSPS) is 13.7. The Kier molecular flexibility index (Phi) is 34.1. The van der Waals surface area contributed by atoms with Gasteiger partial charge < -0.3 is 19.7 Å². The highest BCUT2D eigenvalue weighted by molar-refractivity contribution is 5.70. The third kappa shape index (κ3) is 34.5. The summed E-state index contributed by atoms with van der Waals surface area (Å²) in [6.45, 7) is 3.80. The molecule has 6 heteroatoms. The Bertz CT molecular complexity index is 898. The standard InChI is InChI=1S/C41H68O6/c1-3-5-7-9-11-13-15-17-18-19-21-22-24-26-28-30-32-38(43)34-35-41(45)47-39(36-42)37-46-40(44)33-31-29-27-25-23-20-16-14-12-10-8-6-4-2/h5,7,11,13,17-18,21-22,26,28,30,32,38-39,42-43H,3-4,6,8-10,12,14-16,19-20,23-25,27,29,31,33-37H2,1-2H3/b7-5-,13-11-,18-17-,22-21-,28-26-,32-30-/t38?,39-/m0/s1. The molecule has 0 rings (SSSR count). The molecule has 0 saturated heterocycles. The minimum atomic E-state index is -0.896. The summed E-state index contributed by atoms with van der Waals surface area (Å²) in [4.78, 5) is 24.2. The van der Waals surface area contributed by atoms with Gasteiger partial charge in [-0.2, -0.15) is 0 Å². The molecule has 0 aromatic rings. The van der Waals surface area contributed by atoms with Crippen LogP contribution in [0.25, 0.3) is 0 Å². The van der Waals surface area contributed by atoms with E-state index in [0.717, 1.165) is 51.4 Å². The lowest BCUT2D eigenvalue weighted by Crippen LogP contribution is -2.28. The highest BCUT2D eigenvalue weighted by Crippen LogP contribution is 2.13. The summed E-state index contributed by atoms with van der Waals surface area (Å²) < 4.78 is 10.4. The highest BCUT2D eigenvalue weighted by atomic mass is 16.6. The number of esters is 2. The molecule has 6 nitrogen and oxygen atoms in total. The van der Waals surface area contributed by atoms with Gasteiger partial charge in [-0.25, -0.2) is 0 Å². The van der Waals surface area contributed by atoms with Crippen LogP contribution >= 0.6 is 0 Å². The first kappa shape index (κ1) is 44.3. The second-order valence-electron chi connectivity index (χ2n) is 12.1. The van der Waals surface area contributed by atoms with Gasteiger partial charge in [-0.05, 0) is 44.9 Å². The lowest BCUT2D eigenvalue weighted by atomic mass is 10.0. The van der Waals surface area contributed by atoms with Crippen molar-refractivity contribution in [2.24, 2.45) is 0 Å². The number of unbranched alkanes of at least 4 members (excludes halogenated alkanes) is 12. The van der Waals surface area contributed by atoms with E-state index in [9.17, 15) is 19.8 Å². The summed E-state index contributed by atoms with van der Waals surface area (Å²) in [7, 11) is 0. The van der Waals surface area contributed by atoms with E-state index >= 15 is 0 Å². The van der Waals surface area contributed by atoms with Crippen molar-refractivity contribution in [1.29, 1.82) is 0 Å². The van der Waals surface area contributed by atoms with Gasteiger partial charge in [0.25, 0.3) is 0 Å². The summed E-state index contributed by atoms with van der Waals surface area (Å²) >= 11 is 0. The topological polar surface area (TPSA) is 93.1 Å². The van der Waals surface area contributed by atoms with Crippen LogP contribution in [0.2, 0.25) is 0 Å². The van der Waals surface area contributed by atoms with E-state index < -0.39 is 24.8 Å². The zero-order chi connectivity index (χ0) is 34.5. The van der Waals surface area contributed by atoms with Crippen molar-refractivity contribution >= 4 is 11.9 Å². The van der Waals surface area contributed by atoms with Crippen molar-refractivity contribution in [1.82, 2.24) is 0 Å². The molecule has 268 valence electrons. The van der Waals surface area contributed by atoms with Gasteiger partial charge in [-0.3, -0.25) is 9.59 Å². The Hall–Kier alpha value is -2.70. The van der Waals surface area contributed by atoms with E-state index in [0.29, 0.717) is 6.42 Å². The fourth-order valence-electron chi connectivity index (χ4n) is 4.78. The molecule has 0 amide bonds. The first-order valence-corrected chi connectivity index (χ1v) is 18.6. The van der Waals surface area contributed by atoms with Gasteiger partial charge in [-0.15, -0.1) is 0 Å². The molecule has 0 heterocycles. The Labute approximate surface area is 287 Å². The second kappa shape index (κ2) is 36.1. The largest absolute Gasteiger partial charge is 0.462 e. The van der Waals surface area contributed by atoms with E-state index in [4.69, 9.17) is 9.47 Å². The lowest BCUT2D eigenvalue weighted by Gasteiger charge is -2.16. The van der Waals surface area contributed by atoms with Crippen molar-refractivity contribution in [2.75, 3.05) is 13.2 Å². The number of aliphatic hydroxyl groups excluding tert-OH is 2. The number of rotatable bonds is 32. The van der Waals surface area contributed by atoms with Crippen LogP contribution in [0.4, 0.5) is 0 Å². The molecule has 0 aliphatic carbocycles. The van der Waals surface area contributed by atoms with E-state index in [1.807, 2.05) is 12.2 Å². The Morgan fingerprint density at radius 2 is 1.09 bits per heavy atom. The van der Waals surface area contributed by atoms with Gasteiger partial charge >= 0.3 is 11.9 Å². The maximum absolute atomic E-state index is 12.2. The van der Waals surface area contributed by atoms with E-state index in [2.05, 4.69) is 62.5 Å². The minimum absolute atomic E-state index is 0.000574. The van der Waals surface area contributed by atoms with Crippen LogP contribution in [0, 0.1) is 0 Å². The molecule has 1 unspecified atom stereocenters. The van der Waals surface area contributed by atoms with Crippen LogP contribution in [0.5, 0.6) is 0 Å². The molecule has 0 bridgehead atoms. The van der Waals surface area contributed by atoms with Crippen LogP contribution < -0.4 is 0 Å². The molecule has 0 aromatic carbocycles. The minimum Gasteiger partial charge on any atom is -0.462 e. The second-order valence-corrected chi connectivity index (χ2v) is 12.1. The number of carbonyl (C=O) groups is 2. The average Bonchev–Trinajstić information content (AvgIpc) is 3.07. The molecule has 0 saturated carbocycles. The van der Waals surface area contributed by atoms with Crippen molar-refractivity contribution in [3.63, 3.8) is 0 Å². The summed E-state index contributed by atoms with van der Waals surface area (Å²) in [6.07, 6.45) is 44.3. The molecule has 2 N–H and O–H groups in total. The van der Waals surface area contributed by atoms with E-state index in [1.165, 1.54) is 64.2 Å². The van der Waals surface area contributed by atoms with Crippen molar-refractivity contribution < 1.29 is 29.3 Å². The summed E-state index contributed by atoms with van der Waals surface area (Å²) in [5.74, 6) is -0.878. The van der Waals surface area contributed by atoms with Gasteiger partial charge in [-0.1, -0.05) is 164 Å². The van der Waals surface area contributed by atoms with Gasteiger partial charge in [0.1, 0.15) is 6.61 Å². The smallest absolute Gasteiger partial charge is 0.306 e. The van der Waals surface area contributed by atoms with Crippen LogP contribution in [0.1, 0.15) is 149 Å². The third-order valence-electron chi connectivity index (χ3n) is 7.63. The number of ether oxygens (including phenoxy) is 2. The maximum Gasteiger partial charge on any atom is 0.306 e. The van der Waals surface area contributed by atoms with E-state index in [1.54, 1.807) is 12.2 Å². The Balaban J connectivity index is 3.85. The number of carbonyl (C=O) groups excluding carboxylic acids is 2. The summed E-state index contributed by atoms with van der Waals surface area (Å²) in [6, 6.07) is 0. The zero-order valence-corrected chi connectivity index (χ0v) is 29.9. The molecule has 0 fully saturated rings. The average molecular weight is 657 g/mol. The maximum atomic E-state index is 12.2.